The molecule has 0 aliphatic heterocycles. The fraction of sp³-hybridized carbons (Fsp3) is 0.0588. The maximum Gasteiger partial charge on any atom is 0.223 e. The first-order chi connectivity index (χ1) is 10.7. The average Bonchev–Trinajstić information content (AvgIpc) is 3.01. The summed E-state index contributed by atoms with van der Waals surface area (Å²) in [5, 5.41) is 5.16. The molecule has 0 saturated heterocycles. The van der Waals surface area contributed by atoms with Gasteiger partial charge in [0, 0.05) is 11.6 Å². The number of benzene rings is 2. The lowest BCUT2D eigenvalue weighted by molar-refractivity contribution is -0.116. The Morgan fingerprint density at radius 2 is 1.91 bits per heavy atom. The minimum Gasteiger partial charge on any atom is -0.369 e. The van der Waals surface area contributed by atoms with Crippen LogP contribution in [0, 0.1) is 0 Å². The fourth-order valence-electron chi connectivity index (χ4n) is 2.22. The largest absolute Gasteiger partial charge is 0.369 e. The molecule has 0 aliphatic carbocycles. The topological polar surface area (TPSA) is 80.5 Å². The number of aromatic amines is 1. The zero-order chi connectivity index (χ0) is 15.4. The Morgan fingerprint density at radius 1 is 1.09 bits per heavy atom. The van der Waals surface area contributed by atoms with E-state index in [9.17, 15) is 4.79 Å². The van der Waals surface area contributed by atoms with E-state index in [4.69, 9.17) is 10.6 Å². The molecule has 5 heteroatoms. The van der Waals surface area contributed by atoms with E-state index in [2.05, 4.69) is 10.1 Å². The van der Waals surface area contributed by atoms with Gasteiger partial charge in [0.25, 0.3) is 0 Å². The van der Waals surface area contributed by atoms with Crippen LogP contribution in [0.4, 0.5) is 0 Å². The molecule has 0 spiro atoms. The molecule has 22 heavy (non-hydrogen) atoms. The molecular weight excluding hydrogens is 278 g/mol. The highest BCUT2D eigenvalue weighted by Gasteiger charge is 2.09. The number of nitrogens with two attached hydrogens (primary N) is 1. The third-order valence-corrected chi connectivity index (χ3v) is 3.25. The summed E-state index contributed by atoms with van der Waals surface area (Å²) < 4.78 is 0. The fourth-order valence-corrected chi connectivity index (χ4v) is 2.22. The summed E-state index contributed by atoms with van der Waals surface area (Å²) in [6, 6.07) is 17.0. The Morgan fingerprint density at radius 3 is 2.68 bits per heavy atom. The van der Waals surface area contributed by atoms with Crippen molar-refractivity contribution in [2.45, 2.75) is 6.42 Å². The van der Waals surface area contributed by atoms with Crippen molar-refractivity contribution in [2.75, 3.05) is 0 Å². The smallest absolute Gasteiger partial charge is 0.223 e. The molecule has 2 aromatic carbocycles. The van der Waals surface area contributed by atoms with Crippen LogP contribution in [0.5, 0.6) is 5.75 Å². The Hall–Kier alpha value is -3.08. The quantitative estimate of drug-likeness (QED) is 0.560. The molecule has 0 fully saturated rings. The van der Waals surface area contributed by atoms with Crippen LogP contribution >= 0.6 is 0 Å². The number of fused-ring (bicyclic) bond motifs is 1. The van der Waals surface area contributed by atoms with Crippen LogP contribution in [0.25, 0.3) is 10.9 Å². The van der Waals surface area contributed by atoms with E-state index in [-0.39, 0.29) is 6.42 Å². The number of hydrogen-bond donors (Lipinski definition) is 2. The Bertz CT molecular complexity index is 822. The second-order valence-corrected chi connectivity index (χ2v) is 4.84. The lowest BCUT2D eigenvalue weighted by Crippen LogP contribution is -2.17. The SMILES string of the molecule is NC(=O)C/C(=N\Oc1cccc2cc[nH]c12)c1ccccc1. The molecular formula is C17H15N3O2. The van der Waals surface area contributed by atoms with Gasteiger partial charge in [0.05, 0.1) is 17.6 Å². The average molecular weight is 293 g/mol. The van der Waals surface area contributed by atoms with Crippen molar-refractivity contribution in [1.82, 2.24) is 4.98 Å². The zero-order valence-electron chi connectivity index (χ0n) is 11.8. The number of aromatic nitrogens is 1. The number of nitrogens with zero attached hydrogens (tertiary/aromatic N) is 1. The van der Waals surface area contributed by atoms with E-state index in [1.165, 1.54) is 0 Å². The standard InChI is InChI=1S/C17H15N3O2/c18-16(21)11-14(12-5-2-1-3-6-12)20-22-15-8-4-7-13-9-10-19-17(13)15/h1-10,19H,11H2,(H2,18,21)/b20-14+. The van der Waals surface area contributed by atoms with Gasteiger partial charge in [-0.25, -0.2) is 0 Å². The molecule has 3 N–H and O–H groups in total. The number of amides is 1. The van der Waals surface area contributed by atoms with Gasteiger partial charge in [-0.15, -0.1) is 0 Å². The summed E-state index contributed by atoms with van der Waals surface area (Å²) in [5.41, 5.74) is 7.45. The number of hydrogen-bond acceptors (Lipinski definition) is 3. The minimum absolute atomic E-state index is 0.0186. The van der Waals surface area contributed by atoms with E-state index in [0.717, 1.165) is 16.5 Å². The van der Waals surface area contributed by atoms with Crippen LogP contribution in [-0.4, -0.2) is 16.6 Å². The van der Waals surface area contributed by atoms with Gasteiger partial charge < -0.3 is 15.6 Å². The maximum atomic E-state index is 11.2. The number of rotatable bonds is 5. The molecule has 0 aliphatic rings. The van der Waals surface area contributed by atoms with Crippen molar-refractivity contribution >= 4 is 22.5 Å². The highest BCUT2D eigenvalue weighted by atomic mass is 16.6. The van der Waals surface area contributed by atoms with Crippen molar-refractivity contribution in [3.8, 4) is 5.75 Å². The number of primary amides is 1. The van der Waals surface area contributed by atoms with E-state index in [1.54, 1.807) is 0 Å². The number of oxime groups is 1. The van der Waals surface area contributed by atoms with Crippen LogP contribution in [-0.2, 0) is 4.79 Å². The molecule has 3 aromatic rings. The molecule has 0 atom stereocenters. The molecule has 3 rings (SSSR count). The highest BCUT2D eigenvalue weighted by Crippen LogP contribution is 2.24. The predicted molar refractivity (Wildman–Crippen MR) is 85.7 cm³/mol. The summed E-state index contributed by atoms with van der Waals surface area (Å²) >= 11 is 0. The number of nitrogens with one attached hydrogen (secondary N) is 1. The van der Waals surface area contributed by atoms with Crippen LogP contribution < -0.4 is 10.6 Å². The van der Waals surface area contributed by atoms with Gasteiger partial charge in [0.15, 0.2) is 5.75 Å². The second kappa shape index (κ2) is 6.13. The van der Waals surface area contributed by atoms with E-state index >= 15 is 0 Å². The molecule has 0 unspecified atom stereocenters. The number of carbonyl (C=O) groups is 1. The van der Waals surface area contributed by atoms with Gasteiger partial charge in [-0.1, -0.05) is 47.6 Å². The van der Waals surface area contributed by atoms with Crippen molar-refractivity contribution in [3.05, 3.63) is 66.4 Å². The highest BCUT2D eigenvalue weighted by molar-refractivity contribution is 6.10. The van der Waals surface area contributed by atoms with Gasteiger partial charge in [-0.2, -0.15) is 0 Å². The molecule has 110 valence electrons. The second-order valence-electron chi connectivity index (χ2n) is 4.84. The number of H-pyrrole nitrogens is 1. The van der Waals surface area contributed by atoms with Crippen molar-refractivity contribution in [3.63, 3.8) is 0 Å². The van der Waals surface area contributed by atoms with Gasteiger partial charge in [-0.3, -0.25) is 4.79 Å². The summed E-state index contributed by atoms with van der Waals surface area (Å²) in [6.07, 6.45) is 1.85. The molecule has 1 amide bonds. The molecule has 5 nitrogen and oxygen atoms in total. The first-order valence-corrected chi connectivity index (χ1v) is 6.88. The Kier molecular flexibility index (Phi) is 3.87. The van der Waals surface area contributed by atoms with Crippen molar-refractivity contribution in [2.24, 2.45) is 10.9 Å². The summed E-state index contributed by atoms with van der Waals surface area (Å²) in [4.78, 5) is 19.9. The Balaban J connectivity index is 1.93. The molecule has 1 aromatic heterocycles. The maximum absolute atomic E-state index is 11.2. The number of para-hydroxylation sites is 1. The monoisotopic (exact) mass is 293 g/mol. The third kappa shape index (κ3) is 2.98. The Labute approximate surface area is 127 Å². The molecule has 0 saturated carbocycles. The van der Waals surface area contributed by atoms with Crippen LogP contribution in [0.3, 0.4) is 0 Å². The first kappa shape index (κ1) is 13.9. The van der Waals surface area contributed by atoms with E-state index in [0.29, 0.717) is 11.5 Å². The first-order valence-electron chi connectivity index (χ1n) is 6.88. The van der Waals surface area contributed by atoms with Gasteiger partial charge in [0.2, 0.25) is 5.91 Å². The minimum atomic E-state index is -0.454. The van der Waals surface area contributed by atoms with Crippen LogP contribution in [0.1, 0.15) is 12.0 Å². The molecule has 1 heterocycles. The molecule has 0 bridgehead atoms. The molecule has 0 radical (unpaired) electrons. The lowest BCUT2D eigenvalue weighted by atomic mass is 10.1. The third-order valence-electron chi connectivity index (χ3n) is 3.25. The summed E-state index contributed by atoms with van der Waals surface area (Å²) in [5.74, 6) is 0.143. The summed E-state index contributed by atoms with van der Waals surface area (Å²) in [6.45, 7) is 0. The van der Waals surface area contributed by atoms with E-state index < -0.39 is 5.91 Å². The van der Waals surface area contributed by atoms with Crippen LogP contribution in [0.15, 0.2) is 65.9 Å². The van der Waals surface area contributed by atoms with Gasteiger partial charge in [-0.05, 0) is 17.7 Å². The van der Waals surface area contributed by atoms with Crippen molar-refractivity contribution < 1.29 is 9.63 Å². The van der Waals surface area contributed by atoms with Crippen LogP contribution in [0.2, 0.25) is 0 Å². The van der Waals surface area contributed by atoms with E-state index in [1.807, 2.05) is 60.8 Å². The zero-order valence-corrected chi connectivity index (χ0v) is 11.8. The van der Waals surface area contributed by atoms with Crippen molar-refractivity contribution in [1.29, 1.82) is 0 Å². The summed E-state index contributed by atoms with van der Waals surface area (Å²) in [7, 11) is 0. The number of carbonyl (C=O) groups excluding carboxylic acids is 1. The van der Waals surface area contributed by atoms with Gasteiger partial charge >= 0.3 is 0 Å². The lowest BCUT2D eigenvalue weighted by Gasteiger charge is -2.06. The predicted octanol–water partition coefficient (Wildman–Crippen LogP) is 2.83. The normalized spacial score (nSPS) is 11.5. The van der Waals surface area contributed by atoms with Gasteiger partial charge in [0.1, 0.15) is 0 Å².